The Bertz CT molecular complexity index is 1040. The van der Waals surface area contributed by atoms with Gasteiger partial charge in [-0.2, -0.15) is 0 Å². The largest absolute Gasteiger partial charge is 0.460 e. The summed E-state index contributed by atoms with van der Waals surface area (Å²) in [6.07, 6.45) is 3.56. The fourth-order valence-electron chi connectivity index (χ4n) is 3.59. The van der Waals surface area contributed by atoms with E-state index >= 15 is 4.39 Å². The molecule has 2 aliphatic rings. The minimum Gasteiger partial charge on any atom is -0.460 e. The van der Waals surface area contributed by atoms with Crippen LogP contribution in [0.2, 0.25) is 0 Å². The van der Waals surface area contributed by atoms with E-state index in [4.69, 9.17) is 20.7 Å². The van der Waals surface area contributed by atoms with E-state index in [1.54, 1.807) is 24.4 Å². The zero-order chi connectivity index (χ0) is 22.0. The van der Waals surface area contributed by atoms with E-state index < -0.39 is 11.8 Å². The van der Waals surface area contributed by atoms with E-state index in [2.05, 4.69) is 15.0 Å². The number of nitrogens with zero attached hydrogens (tertiary/aromatic N) is 3. The van der Waals surface area contributed by atoms with Gasteiger partial charge in [-0.3, -0.25) is 10.2 Å². The molecule has 2 heterocycles. The summed E-state index contributed by atoms with van der Waals surface area (Å²) in [4.78, 5) is 23.2. The summed E-state index contributed by atoms with van der Waals surface area (Å²) in [7, 11) is 1.53. The number of anilines is 1. The highest BCUT2D eigenvalue weighted by molar-refractivity contribution is 5.99. The summed E-state index contributed by atoms with van der Waals surface area (Å²) >= 11 is 0. The Balaban J connectivity index is 1.56. The van der Waals surface area contributed by atoms with Gasteiger partial charge < -0.3 is 20.2 Å². The first kappa shape index (κ1) is 20.8. The van der Waals surface area contributed by atoms with Crippen molar-refractivity contribution in [3.63, 3.8) is 0 Å². The van der Waals surface area contributed by atoms with Gasteiger partial charge in [0, 0.05) is 22.9 Å². The number of aromatic nitrogens is 1. The van der Waals surface area contributed by atoms with Gasteiger partial charge in [-0.25, -0.2) is 9.37 Å². The number of esters is 1. The molecule has 0 bridgehead atoms. The monoisotopic (exact) mass is 425 g/mol. The van der Waals surface area contributed by atoms with E-state index in [-0.39, 0.29) is 24.4 Å². The predicted octanol–water partition coefficient (Wildman–Crippen LogP) is 2.96. The Hall–Kier alpha value is -3.49. The highest BCUT2D eigenvalue weighted by atomic mass is 19.1. The van der Waals surface area contributed by atoms with Crippen LogP contribution in [-0.4, -0.2) is 42.7 Å². The quantitative estimate of drug-likeness (QED) is 0.291. The second-order valence-corrected chi connectivity index (χ2v) is 7.75. The molecule has 31 heavy (non-hydrogen) atoms. The number of ether oxygens (including phenoxy) is 1. The lowest BCUT2D eigenvalue weighted by atomic mass is 9.99. The van der Waals surface area contributed by atoms with Crippen LogP contribution >= 0.6 is 0 Å². The summed E-state index contributed by atoms with van der Waals surface area (Å²) in [5.41, 5.74) is 8.63. The van der Waals surface area contributed by atoms with Crippen molar-refractivity contribution >= 4 is 23.3 Å². The lowest BCUT2D eigenvalue weighted by Gasteiger charge is -2.34. The zero-order valence-corrected chi connectivity index (χ0v) is 17.2. The molecule has 0 spiro atoms. The van der Waals surface area contributed by atoms with Gasteiger partial charge in [-0.1, -0.05) is 23.4 Å². The molecule has 0 radical (unpaired) electrons. The van der Waals surface area contributed by atoms with Gasteiger partial charge in [-0.05, 0) is 30.4 Å². The molecule has 1 saturated carbocycles. The molecule has 162 valence electrons. The third-order valence-electron chi connectivity index (χ3n) is 5.29. The van der Waals surface area contributed by atoms with Crippen molar-refractivity contribution in [3.05, 3.63) is 47.4 Å². The Labute approximate surface area is 179 Å². The van der Waals surface area contributed by atoms with Crippen LogP contribution in [0.5, 0.6) is 0 Å². The van der Waals surface area contributed by atoms with Gasteiger partial charge in [-0.15, -0.1) is 0 Å². The van der Waals surface area contributed by atoms with Gasteiger partial charge in [0.1, 0.15) is 37.6 Å². The molecule has 1 aromatic carbocycles. The molecule has 1 saturated heterocycles. The van der Waals surface area contributed by atoms with Crippen LogP contribution in [0, 0.1) is 11.2 Å². The SMILES string of the molecule is CON=C1CN(c2ncc(-c3cccc(COC(=O)CC(=N)N)c3F)cc2C2CC2)C1. The van der Waals surface area contributed by atoms with Crippen LogP contribution in [-0.2, 0) is 21.0 Å². The predicted molar refractivity (Wildman–Crippen MR) is 115 cm³/mol. The van der Waals surface area contributed by atoms with Crippen molar-refractivity contribution in [2.45, 2.75) is 31.8 Å². The zero-order valence-electron chi connectivity index (χ0n) is 17.2. The second kappa shape index (κ2) is 8.71. The molecule has 8 nitrogen and oxygen atoms in total. The Morgan fingerprint density at radius 1 is 1.39 bits per heavy atom. The molecule has 4 rings (SSSR count). The summed E-state index contributed by atoms with van der Waals surface area (Å²) in [6.45, 7) is 1.13. The smallest absolute Gasteiger partial charge is 0.313 e. The highest BCUT2D eigenvalue weighted by Gasteiger charge is 2.33. The van der Waals surface area contributed by atoms with Crippen LogP contribution in [0.1, 0.15) is 36.3 Å². The number of oxime groups is 1. The van der Waals surface area contributed by atoms with Gasteiger partial charge in [0.25, 0.3) is 0 Å². The van der Waals surface area contributed by atoms with Crippen LogP contribution in [0.15, 0.2) is 35.6 Å². The number of carbonyl (C=O) groups is 1. The highest BCUT2D eigenvalue weighted by Crippen LogP contribution is 2.45. The maximum Gasteiger partial charge on any atom is 0.313 e. The molecule has 0 atom stereocenters. The Morgan fingerprint density at radius 3 is 2.84 bits per heavy atom. The number of rotatable bonds is 8. The standard InChI is InChI=1S/C22H24FN5O3/c1-30-27-16-10-28(11-16)22-18(13-5-6-13)7-15(9-26-22)17-4-2-3-14(21(17)23)12-31-20(29)8-19(24)25/h2-4,7,9,13H,5-6,8,10-12H2,1H3,(H3,24,25). The number of amidine groups is 1. The van der Waals surface area contributed by atoms with Crippen LogP contribution in [0.25, 0.3) is 11.1 Å². The molecule has 0 amide bonds. The van der Waals surface area contributed by atoms with Crippen molar-refractivity contribution in [3.8, 4) is 11.1 Å². The minimum absolute atomic E-state index is 0.220. The van der Waals surface area contributed by atoms with Gasteiger partial charge >= 0.3 is 5.97 Å². The third kappa shape index (κ3) is 4.65. The number of nitrogens with one attached hydrogen (secondary N) is 1. The van der Waals surface area contributed by atoms with Gasteiger partial charge in [0.2, 0.25) is 0 Å². The second-order valence-electron chi connectivity index (χ2n) is 7.75. The molecule has 2 aromatic rings. The molecule has 3 N–H and O–H groups in total. The number of nitrogens with two attached hydrogens (primary N) is 1. The number of hydrogen-bond acceptors (Lipinski definition) is 7. The summed E-state index contributed by atoms with van der Waals surface area (Å²) < 4.78 is 20.2. The van der Waals surface area contributed by atoms with E-state index in [0.29, 0.717) is 30.1 Å². The minimum atomic E-state index is -0.662. The van der Waals surface area contributed by atoms with Crippen molar-refractivity contribution < 1.29 is 18.8 Å². The molecule has 1 aliphatic heterocycles. The molecule has 1 aliphatic carbocycles. The molecular formula is C22H24FN5O3. The third-order valence-corrected chi connectivity index (χ3v) is 5.29. The first-order valence-electron chi connectivity index (χ1n) is 10.1. The lowest BCUT2D eigenvalue weighted by Crippen LogP contribution is -2.48. The molecular weight excluding hydrogens is 401 g/mol. The van der Waals surface area contributed by atoms with Crippen molar-refractivity contribution in [1.29, 1.82) is 5.41 Å². The van der Waals surface area contributed by atoms with Gasteiger partial charge in [0.15, 0.2) is 0 Å². The number of benzene rings is 1. The maximum absolute atomic E-state index is 15.2. The van der Waals surface area contributed by atoms with E-state index in [1.807, 2.05) is 6.07 Å². The first-order valence-corrected chi connectivity index (χ1v) is 10.1. The summed E-state index contributed by atoms with van der Waals surface area (Å²) in [6, 6.07) is 6.99. The Kier molecular flexibility index (Phi) is 5.83. The van der Waals surface area contributed by atoms with Crippen molar-refractivity contribution in [2.24, 2.45) is 10.9 Å². The van der Waals surface area contributed by atoms with Crippen molar-refractivity contribution in [1.82, 2.24) is 4.98 Å². The van der Waals surface area contributed by atoms with E-state index in [0.717, 1.165) is 29.9 Å². The molecule has 1 aromatic heterocycles. The van der Waals surface area contributed by atoms with Gasteiger partial charge in [0.05, 0.1) is 18.8 Å². The molecule has 9 heteroatoms. The van der Waals surface area contributed by atoms with Crippen molar-refractivity contribution in [2.75, 3.05) is 25.1 Å². The molecule has 2 fully saturated rings. The lowest BCUT2D eigenvalue weighted by molar-refractivity contribution is -0.143. The normalized spacial score (nSPS) is 15.3. The van der Waals surface area contributed by atoms with Crippen LogP contribution < -0.4 is 10.6 Å². The average molecular weight is 425 g/mol. The van der Waals surface area contributed by atoms with Crippen LogP contribution in [0.4, 0.5) is 10.2 Å². The topological polar surface area (TPSA) is 114 Å². The number of pyridine rings is 1. The summed E-state index contributed by atoms with van der Waals surface area (Å²) in [5, 5.41) is 11.1. The number of carbonyl (C=O) groups excluding carboxylic acids is 1. The first-order chi connectivity index (χ1) is 15.0. The van der Waals surface area contributed by atoms with Crippen LogP contribution in [0.3, 0.4) is 0 Å². The average Bonchev–Trinajstić information content (AvgIpc) is 3.54. The number of halogens is 1. The maximum atomic E-state index is 15.2. The Morgan fingerprint density at radius 2 is 2.16 bits per heavy atom. The number of hydrogen-bond donors (Lipinski definition) is 2. The van der Waals surface area contributed by atoms with E-state index in [9.17, 15) is 4.79 Å². The summed E-state index contributed by atoms with van der Waals surface area (Å²) in [5.74, 6) is -0.0559. The molecule has 0 unspecified atom stereocenters. The fourth-order valence-corrected chi connectivity index (χ4v) is 3.59. The fraction of sp³-hybridized carbons (Fsp3) is 0.364. The van der Waals surface area contributed by atoms with E-state index in [1.165, 1.54) is 7.11 Å².